The second kappa shape index (κ2) is 7.06. The van der Waals surface area contributed by atoms with Crippen molar-refractivity contribution >= 4 is 23.5 Å². The van der Waals surface area contributed by atoms with Crippen LogP contribution in [-0.2, 0) is 16.0 Å². The van der Waals surface area contributed by atoms with Crippen molar-refractivity contribution in [2.45, 2.75) is 18.5 Å². The molecule has 114 valence electrons. The van der Waals surface area contributed by atoms with Crippen molar-refractivity contribution in [2.24, 2.45) is 11.7 Å². The lowest BCUT2D eigenvalue weighted by molar-refractivity contribution is -0.142. The molecule has 4 N–H and O–H groups in total. The predicted molar refractivity (Wildman–Crippen MR) is 83.4 cm³/mol. The van der Waals surface area contributed by atoms with Crippen LogP contribution in [-0.4, -0.2) is 41.5 Å². The Labute approximate surface area is 128 Å². The van der Waals surface area contributed by atoms with Gasteiger partial charge in [-0.15, -0.1) is 0 Å². The number of nitrogens with one attached hydrogen (secondary N) is 1. The van der Waals surface area contributed by atoms with Crippen LogP contribution in [0.1, 0.15) is 17.2 Å². The SMILES string of the molecule is CSC[C@H](C(=O)[C@H]1NCCc2ccccc21)[C@H](N)C(=O)O. The topological polar surface area (TPSA) is 92.4 Å². The highest BCUT2D eigenvalue weighted by atomic mass is 32.2. The third-order valence-electron chi connectivity index (χ3n) is 3.82. The van der Waals surface area contributed by atoms with E-state index in [0.717, 1.165) is 17.5 Å². The Morgan fingerprint density at radius 2 is 2.19 bits per heavy atom. The Bertz CT molecular complexity index is 535. The number of Topliss-reactive ketones (excluding diaryl/α,β-unsaturated/α-hetero) is 1. The molecule has 2 rings (SSSR count). The summed E-state index contributed by atoms with van der Waals surface area (Å²) >= 11 is 1.44. The van der Waals surface area contributed by atoms with Crippen molar-refractivity contribution in [3.8, 4) is 0 Å². The Balaban J connectivity index is 2.27. The lowest BCUT2D eigenvalue weighted by Crippen LogP contribution is -2.48. The molecule has 1 aliphatic rings. The summed E-state index contributed by atoms with van der Waals surface area (Å²) in [5.41, 5.74) is 7.80. The lowest BCUT2D eigenvalue weighted by Gasteiger charge is -2.30. The van der Waals surface area contributed by atoms with Crippen LogP contribution in [0.5, 0.6) is 0 Å². The first-order valence-corrected chi connectivity index (χ1v) is 8.28. The summed E-state index contributed by atoms with van der Waals surface area (Å²) < 4.78 is 0. The number of thioether (sulfide) groups is 1. The summed E-state index contributed by atoms with van der Waals surface area (Å²) in [7, 11) is 0. The Kier molecular flexibility index (Phi) is 5.39. The number of carboxylic acids is 1. The van der Waals surface area contributed by atoms with E-state index in [1.54, 1.807) is 0 Å². The van der Waals surface area contributed by atoms with Gasteiger partial charge in [-0.25, -0.2) is 0 Å². The van der Waals surface area contributed by atoms with Gasteiger partial charge in [-0.05, 0) is 23.8 Å². The first-order valence-electron chi connectivity index (χ1n) is 6.88. The molecule has 0 spiro atoms. The van der Waals surface area contributed by atoms with Gasteiger partial charge in [0.05, 0.1) is 12.0 Å². The van der Waals surface area contributed by atoms with E-state index in [1.165, 1.54) is 11.8 Å². The summed E-state index contributed by atoms with van der Waals surface area (Å²) in [4.78, 5) is 23.9. The summed E-state index contributed by atoms with van der Waals surface area (Å²) in [5.74, 6) is -1.55. The van der Waals surface area contributed by atoms with Crippen LogP contribution in [0.25, 0.3) is 0 Å². The smallest absolute Gasteiger partial charge is 0.321 e. The molecule has 5 nitrogen and oxygen atoms in total. The van der Waals surface area contributed by atoms with Gasteiger partial charge in [0, 0.05) is 12.3 Å². The molecule has 6 heteroatoms. The van der Waals surface area contributed by atoms with Gasteiger partial charge in [0.1, 0.15) is 6.04 Å². The van der Waals surface area contributed by atoms with Crippen LogP contribution in [0.3, 0.4) is 0 Å². The molecular weight excluding hydrogens is 288 g/mol. The molecule has 0 saturated heterocycles. The van der Waals surface area contributed by atoms with Crippen LogP contribution in [0.4, 0.5) is 0 Å². The van der Waals surface area contributed by atoms with E-state index in [1.807, 2.05) is 30.5 Å². The lowest BCUT2D eigenvalue weighted by atomic mass is 9.85. The van der Waals surface area contributed by atoms with E-state index in [-0.39, 0.29) is 5.78 Å². The Morgan fingerprint density at radius 1 is 1.48 bits per heavy atom. The van der Waals surface area contributed by atoms with Crippen LogP contribution in [0.15, 0.2) is 24.3 Å². The van der Waals surface area contributed by atoms with E-state index in [0.29, 0.717) is 12.3 Å². The van der Waals surface area contributed by atoms with E-state index in [4.69, 9.17) is 10.8 Å². The highest BCUT2D eigenvalue weighted by molar-refractivity contribution is 7.98. The zero-order valence-corrected chi connectivity index (χ0v) is 12.7. The summed E-state index contributed by atoms with van der Waals surface area (Å²) in [6.07, 6.45) is 2.72. The van der Waals surface area contributed by atoms with Crippen molar-refractivity contribution in [1.82, 2.24) is 5.32 Å². The van der Waals surface area contributed by atoms with Gasteiger partial charge in [0.25, 0.3) is 0 Å². The number of carbonyl (C=O) groups excluding carboxylic acids is 1. The van der Waals surface area contributed by atoms with E-state index in [2.05, 4.69) is 5.32 Å². The zero-order chi connectivity index (χ0) is 15.4. The number of nitrogens with two attached hydrogens (primary N) is 1. The molecular formula is C15H20N2O3S. The van der Waals surface area contributed by atoms with Gasteiger partial charge in [-0.1, -0.05) is 24.3 Å². The Hall–Kier alpha value is -1.37. The van der Waals surface area contributed by atoms with Gasteiger partial charge in [0.15, 0.2) is 5.78 Å². The maximum atomic E-state index is 12.8. The third kappa shape index (κ3) is 3.45. The molecule has 1 aliphatic heterocycles. The second-order valence-corrected chi connectivity index (χ2v) is 6.07. The molecule has 0 aromatic heterocycles. The molecule has 21 heavy (non-hydrogen) atoms. The number of ketones is 1. The molecule has 1 heterocycles. The maximum Gasteiger partial charge on any atom is 0.321 e. The third-order valence-corrected chi connectivity index (χ3v) is 4.52. The summed E-state index contributed by atoms with van der Waals surface area (Å²) in [6, 6.07) is 6.16. The van der Waals surface area contributed by atoms with Crippen LogP contribution in [0.2, 0.25) is 0 Å². The number of carbonyl (C=O) groups is 2. The first kappa shape index (κ1) is 16.0. The zero-order valence-electron chi connectivity index (χ0n) is 11.9. The molecule has 0 saturated carbocycles. The molecule has 0 unspecified atom stereocenters. The van der Waals surface area contributed by atoms with Crippen molar-refractivity contribution in [3.05, 3.63) is 35.4 Å². The molecule has 1 aromatic carbocycles. The first-order chi connectivity index (χ1) is 10.1. The number of hydrogen-bond donors (Lipinski definition) is 3. The molecule has 0 radical (unpaired) electrons. The summed E-state index contributed by atoms with van der Waals surface area (Å²) in [6.45, 7) is 0.710. The number of fused-ring (bicyclic) bond motifs is 1. The van der Waals surface area contributed by atoms with E-state index in [9.17, 15) is 9.59 Å². The minimum Gasteiger partial charge on any atom is -0.480 e. The fourth-order valence-corrected chi connectivity index (χ4v) is 3.42. The van der Waals surface area contributed by atoms with Crippen molar-refractivity contribution in [1.29, 1.82) is 0 Å². The summed E-state index contributed by atoms with van der Waals surface area (Å²) in [5, 5.41) is 12.3. The molecule has 0 aliphatic carbocycles. The van der Waals surface area contributed by atoms with Crippen molar-refractivity contribution in [2.75, 3.05) is 18.6 Å². The second-order valence-electron chi connectivity index (χ2n) is 5.16. The number of aliphatic carboxylic acids is 1. The number of carboxylic acid groups (broad SMARTS) is 1. The van der Waals surface area contributed by atoms with E-state index < -0.39 is 24.0 Å². The maximum absolute atomic E-state index is 12.8. The minimum atomic E-state index is -1.17. The number of hydrogen-bond acceptors (Lipinski definition) is 5. The number of benzene rings is 1. The quantitative estimate of drug-likeness (QED) is 0.721. The Morgan fingerprint density at radius 3 is 2.86 bits per heavy atom. The van der Waals surface area contributed by atoms with Gasteiger partial charge < -0.3 is 16.2 Å². The van der Waals surface area contributed by atoms with Crippen LogP contribution >= 0.6 is 11.8 Å². The molecule has 3 atom stereocenters. The minimum absolute atomic E-state index is 0.133. The molecule has 1 aromatic rings. The van der Waals surface area contributed by atoms with Crippen LogP contribution in [0, 0.1) is 5.92 Å². The molecule has 0 bridgehead atoms. The van der Waals surface area contributed by atoms with E-state index >= 15 is 0 Å². The fourth-order valence-electron chi connectivity index (χ4n) is 2.69. The normalized spacial score (nSPS) is 20.4. The van der Waals surface area contributed by atoms with Gasteiger partial charge in [-0.3, -0.25) is 9.59 Å². The van der Waals surface area contributed by atoms with Crippen LogP contribution < -0.4 is 11.1 Å². The largest absolute Gasteiger partial charge is 0.480 e. The highest BCUT2D eigenvalue weighted by Gasteiger charge is 2.36. The number of rotatable bonds is 6. The standard InChI is InChI=1S/C15H20N2O3S/c1-21-8-11(12(16)15(19)20)14(18)13-10-5-3-2-4-9(10)6-7-17-13/h2-5,11-13,17H,6-8,16H2,1H3,(H,19,20)/t11-,12-,13-/m0/s1. The fraction of sp³-hybridized carbons (Fsp3) is 0.467. The molecule has 0 amide bonds. The van der Waals surface area contributed by atoms with Crippen molar-refractivity contribution < 1.29 is 14.7 Å². The van der Waals surface area contributed by atoms with Gasteiger partial charge >= 0.3 is 5.97 Å². The highest BCUT2D eigenvalue weighted by Crippen LogP contribution is 2.27. The van der Waals surface area contributed by atoms with Crippen molar-refractivity contribution in [3.63, 3.8) is 0 Å². The van der Waals surface area contributed by atoms with Gasteiger partial charge in [-0.2, -0.15) is 11.8 Å². The monoisotopic (exact) mass is 308 g/mol. The predicted octanol–water partition coefficient (Wildman–Crippen LogP) is 0.834. The average molecular weight is 308 g/mol. The van der Waals surface area contributed by atoms with Gasteiger partial charge in [0.2, 0.25) is 0 Å². The molecule has 0 fully saturated rings. The average Bonchev–Trinajstić information content (AvgIpc) is 2.50.